The van der Waals surface area contributed by atoms with E-state index in [1.807, 2.05) is 6.92 Å². The van der Waals surface area contributed by atoms with Crippen molar-refractivity contribution in [2.75, 3.05) is 11.9 Å². The molecule has 1 heterocycles. The SMILES string of the molecule is Cc1ccc(Nc2nc(C)c(CCN)s2)c(C)c1. The first-order valence-corrected chi connectivity index (χ1v) is 6.92. The van der Waals surface area contributed by atoms with Crippen molar-refractivity contribution in [1.29, 1.82) is 0 Å². The molecule has 3 N–H and O–H groups in total. The van der Waals surface area contributed by atoms with Gasteiger partial charge in [-0.2, -0.15) is 0 Å². The van der Waals surface area contributed by atoms with Gasteiger partial charge in [-0.25, -0.2) is 4.98 Å². The van der Waals surface area contributed by atoms with Gasteiger partial charge >= 0.3 is 0 Å². The first-order chi connectivity index (χ1) is 8.60. The van der Waals surface area contributed by atoms with Crippen LogP contribution >= 0.6 is 11.3 Å². The van der Waals surface area contributed by atoms with Crippen molar-refractivity contribution in [2.24, 2.45) is 5.73 Å². The lowest BCUT2D eigenvalue weighted by atomic mass is 10.1. The maximum absolute atomic E-state index is 5.59. The highest BCUT2D eigenvalue weighted by Crippen LogP contribution is 2.27. The summed E-state index contributed by atoms with van der Waals surface area (Å²) in [5.74, 6) is 0. The second kappa shape index (κ2) is 5.50. The van der Waals surface area contributed by atoms with Gasteiger partial charge in [-0.3, -0.25) is 0 Å². The van der Waals surface area contributed by atoms with Crippen LogP contribution in [0.15, 0.2) is 18.2 Å². The standard InChI is InChI=1S/C14H19N3S/c1-9-4-5-12(10(2)8-9)17-14-16-11(3)13(18-14)6-7-15/h4-5,8H,6-7,15H2,1-3H3,(H,16,17). The second-order valence-corrected chi connectivity index (χ2v) is 5.59. The van der Waals surface area contributed by atoms with Crippen molar-refractivity contribution in [3.05, 3.63) is 39.9 Å². The quantitative estimate of drug-likeness (QED) is 0.887. The summed E-state index contributed by atoms with van der Waals surface area (Å²) in [7, 11) is 0. The molecule has 0 aliphatic rings. The van der Waals surface area contributed by atoms with Crippen molar-refractivity contribution in [3.8, 4) is 0 Å². The molecule has 0 spiro atoms. The van der Waals surface area contributed by atoms with Gasteiger partial charge in [-0.1, -0.05) is 17.7 Å². The minimum Gasteiger partial charge on any atom is -0.331 e. The van der Waals surface area contributed by atoms with E-state index < -0.39 is 0 Å². The molecule has 0 aliphatic heterocycles. The number of anilines is 2. The zero-order chi connectivity index (χ0) is 13.1. The number of nitrogens with two attached hydrogens (primary N) is 1. The summed E-state index contributed by atoms with van der Waals surface area (Å²) >= 11 is 1.69. The Balaban J connectivity index is 2.20. The van der Waals surface area contributed by atoms with Gasteiger partial charge in [-0.15, -0.1) is 11.3 Å². The molecule has 0 fully saturated rings. The third kappa shape index (κ3) is 2.89. The third-order valence-electron chi connectivity index (χ3n) is 2.89. The van der Waals surface area contributed by atoms with Crippen LogP contribution in [0.25, 0.3) is 0 Å². The van der Waals surface area contributed by atoms with Gasteiger partial charge in [0.05, 0.1) is 5.69 Å². The van der Waals surface area contributed by atoms with Crippen LogP contribution in [-0.4, -0.2) is 11.5 Å². The molecule has 2 rings (SSSR count). The first-order valence-electron chi connectivity index (χ1n) is 6.11. The van der Waals surface area contributed by atoms with Gasteiger partial charge in [0.2, 0.25) is 0 Å². The molecule has 96 valence electrons. The predicted octanol–water partition coefficient (Wildman–Crippen LogP) is 3.31. The van der Waals surface area contributed by atoms with Gasteiger partial charge in [0, 0.05) is 10.6 Å². The molecule has 3 nitrogen and oxygen atoms in total. The average molecular weight is 261 g/mol. The van der Waals surface area contributed by atoms with Gasteiger partial charge in [0.25, 0.3) is 0 Å². The average Bonchev–Trinajstić information content (AvgIpc) is 2.64. The molecule has 0 saturated carbocycles. The molecule has 18 heavy (non-hydrogen) atoms. The molecule has 1 aromatic heterocycles. The zero-order valence-corrected chi connectivity index (χ0v) is 11.9. The molecule has 4 heteroatoms. The third-order valence-corrected chi connectivity index (χ3v) is 4.02. The number of hydrogen-bond donors (Lipinski definition) is 2. The molecule has 0 unspecified atom stereocenters. The highest BCUT2D eigenvalue weighted by atomic mass is 32.1. The largest absolute Gasteiger partial charge is 0.331 e. The van der Waals surface area contributed by atoms with Crippen LogP contribution in [0.5, 0.6) is 0 Å². The van der Waals surface area contributed by atoms with Gasteiger partial charge in [0.1, 0.15) is 0 Å². The topological polar surface area (TPSA) is 50.9 Å². The van der Waals surface area contributed by atoms with Crippen molar-refractivity contribution in [3.63, 3.8) is 0 Å². The van der Waals surface area contributed by atoms with Crippen molar-refractivity contribution < 1.29 is 0 Å². The van der Waals surface area contributed by atoms with Crippen LogP contribution in [-0.2, 0) is 6.42 Å². The summed E-state index contributed by atoms with van der Waals surface area (Å²) in [6.45, 7) is 6.92. The summed E-state index contributed by atoms with van der Waals surface area (Å²) in [6.07, 6.45) is 0.901. The Kier molecular flexibility index (Phi) is 3.99. The molecule has 0 amide bonds. The van der Waals surface area contributed by atoms with E-state index in [1.54, 1.807) is 11.3 Å². The summed E-state index contributed by atoms with van der Waals surface area (Å²) in [4.78, 5) is 5.81. The number of aryl methyl sites for hydroxylation is 3. The van der Waals surface area contributed by atoms with E-state index in [0.29, 0.717) is 6.54 Å². The lowest BCUT2D eigenvalue weighted by Gasteiger charge is -2.07. The van der Waals surface area contributed by atoms with Gasteiger partial charge < -0.3 is 11.1 Å². The van der Waals surface area contributed by atoms with Crippen LogP contribution in [0.1, 0.15) is 21.7 Å². The minimum atomic E-state index is 0.673. The first kappa shape index (κ1) is 13.1. The fraction of sp³-hybridized carbons (Fsp3) is 0.357. The molecule has 0 bridgehead atoms. The van der Waals surface area contributed by atoms with E-state index in [0.717, 1.165) is 22.9 Å². The fourth-order valence-corrected chi connectivity index (χ4v) is 2.90. The number of benzene rings is 1. The highest BCUT2D eigenvalue weighted by molar-refractivity contribution is 7.15. The Hall–Kier alpha value is -1.39. The van der Waals surface area contributed by atoms with E-state index in [9.17, 15) is 0 Å². The van der Waals surface area contributed by atoms with E-state index in [1.165, 1.54) is 16.0 Å². The number of thiazole rings is 1. The van der Waals surface area contributed by atoms with E-state index >= 15 is 0 Å². The van der Waals surface area contributed by atoms with E-state index in [2.05, 4.69) is 42.3 Å². The molecule has 1 aromatic carbocycles. The molecule has 0 radical (unpaired) electrons. The number of hydrogen-bond acceptors (Lipinski definition) is 4. The smallest absolute Gasteiger partial charge is 0.187 e. The second-order valence-electron chi connectivity index (χ2n) is 4.51. The lowest BCUT2D eigenvalue weighted by molar-refractivity contribution is 0.970. The monoisotopic (exact) mass is 261 g/mol. The molecule has 0 aliphatic carbocycles. The van der Waals surface area contributed by atoms with Crippen LogP contribution in [0.2, 0.25) is 0 Å². The fourth-order valence-electron chi connectivity index (χ4n) is 1.91. The van der Waals surface area contributed by atoms with Crippen molar-refractivity contribution >= 4 is 22.2 Å². The Morgan fingerprint density at radius 3 is 2.72 bits per heavy atom. The number of nitrogens with one attached hydrogen (secondary N) is 1. The van der Waals surface area contributed by atoms with Crippen molar-refractivity contribution in [1.82, 2.24) is 4.98 Å². The minimum absolute atomic E-state index is 0.673. The van der Waals surface area contributed by atoms with Crippen LogP contribution in [0, 0.1) is 20.8 Å². The molecule has 0 atom stereocenters. The van der Waals surface area contributed by atoms with Gasteiger partial charge in [0.15, 0.2) is 5.13 Å². The Labute approximate surface area is 112 Å². The predicted molar refractivity (Wildman–Crippen MR) is 78.8 cm³/mol. The maximum atomic E-state index is 5.59. The summed E-state index contributed by atoms with van der Waals surface area (Å²) in [5.41, 5.74) is 10.3. The lowest BCUT2D eigenvalue weighted by Crippen LogP contribution is -2.01. The van der Waals surface area contributed by atoms with Crippen LogP contribution in [0.4, 0.5) is 10.8 Å². The Morgan fingerprint density at radius 1 is 1.28 bits per heavy atom. The van der Waals surface area contributed by atoms with Gasteiger partial charge in [-0.05, 0) is 45.4 Å². The highest BCUT2D eigenvalue weighted by Gasteiger charge is 2.08. The van der Waals surface area contributed by atoms with Crippen LogP contribution in [0.3, 0.4) is 0 Å². The Morgan fingerprint density at radius 2 is 2.06 bits per heavy atom. The summed E-state index contributed by atoms with van der Waals surface area (Å²) in [5, 5.41) is 4.33. The summed E-state index contributed by atoms with van der Waals surface area (Å²) in [6, 6.07) is 6.38. The normalized spacial score (nSPS) is 10.7. The van der Waals surface area contributed by atoms with Crippen molar-refractivity contribution in [2.45, 2.75) is 27.2 Å². The number of nitrogens with zero attached hydrogens (tertiary/aromatic N) is 1. The molecular weight excluding hydrogens is 242 g/mol. The molecular formula is C14H19N3S. The Bertz CT molecular complexity index is 546. The molecule has 0 saturated heterocycles. The van der Waals surface area contributed by atoms with Crippen LogP contribution < -0.4 is 11.1 Å². The summed E-state index contributed by atoms with van der Waals surface area (Å²) < 4.78 is 0. The zero-order valence-electron chi connectivity index (χ0n) is 11.1. The maximum Gasteiger partial charge on any atom is 0.187 e. The van der Waals surface area contributed by atoms with E-state index in [-0.39, 0.29) is 0 Å². The molecule has 2 aromatic rings. The number of aromatic nitrogens is 1. The van der Waals surface area contributed by atoms with E-state index in [4.69, 9.17) is 5.73 Å². The number of rotatable bonds is 4.